The maximum absolute atomic E-state index is 11.2. The summed E-state index contributed by atoms with van der Waals surface area (Å²) in [5.41, 5.74) is 0.869. The number of hydrogen-bond acceptors (Lipinski definition) is 4. The van der Waals surface area contributed by atoms with Gasteiger partial charge in [0, 0.05) is 13.0 Å². The normalized spacial score (nSPS) is 10.6. The Labute approximate surface area is 148 Å². The van der Waals surface area contributed by atoms with Crippen LogP contribution in [0.5, 0.6) is 5.75 Å². The van der Waals surface area contributed by atoms with Crippen LogP contribution in [0.1, 0.15) is 38.2 Å². The molecule has 4 nitrogen and oxygen atoms in total. The van der Waals surface area contributed by atoms with Crippen molar-refractivity contribution in [3.05, 3.63) is 27.7 Å². The van der Waals surface area contributed by atoms with Crippen LogP contribution in [-0.2, 0) is 20.7 Å². The molecule has 0 aliphatic heterocycles. The first kappa shape index (κ1) is 20.1. The largest absolute Gasteiger partial charge is 0.488 e. The summed E-state index contributed by atoms with van der Waals surface area (Å²) >= 11 is 12.4. The van der Waals surface area contributed by atoms with Gasteiger partial charge >= 0.3 is 5.97 Å². The number of ether oxygens (including phenoxy) is 3. The quantitative estimate of drug-likeness (QED) is 0.423. The lowest BCUT2D eigenvalue weighted by atomic mass is 10.1. The fraction of sp³-hybridized carbons (Fsp3) is 0.588. The summed E-state index contributed by atoms with van der Waals surface area (Å²) < 4.78 is 15.7. The Kier molecular flexibility index (Phi) is 10.1. The van der Waals surface area contributed by atoms with E-state index in [0.717, 1.165) is 18.6 Å². The van der Waals surface area contributed by atoms with Crippen molar-refractivity contribution in [1.82, 2.24) is 0 Å². The van der Waals surface area contributed by atoms with E-state index in [0.29, 0.717) is 35.4 Å². The first-order valence-electron chi connectivity index (χ1n) is 7.83. The lowest BCUT2D eigenvalue weighted by Crippen LogP contribution is -2.08. The molecule has 0 saturated carbocycles. The van der Waals surface area contributed by atoms with E-state index in [-0.39, 0.29) is 12.4 Å². The SMILES string of the molecule is CCCCCOCCOc1c(Cl)cc(CCC(=O)OC)cc1Cl. The fourth-order valence-electron chi connectivity index (χ4n) is 2.00. The number of halogens is 2. The van der Waals surface area contributed by atoms with Crippen molar-refractivity contribution < 1.29 is 19.0 Å². The Morgan fingerprint density at radius 2 is 1.78 bits per heavy atom. The topological polar surface area (TPSA) is 44.8 Å². The fourth-order valence-corrected chi connectivity index (χ4v) is 2.64. The molecule has 0 N–H and O–H groups in total. The molecule has 0 heterocycles. The predicted octanol–water partition coefficient (Wildman–Crippen LogP) is 4.68. The Hall–Kier alpha value is -0.970. The van der Waals surface area contributed by atoms with Crippen molar-refractivity contribution in [2.45, 2.75) is 39.0 Å². The van der Waals surface area contributed by atoms with Gasteiger partial charge in [-0.2, -0.15) is 0 Å². The highest BCUT2D eigenvalue weighted by Gasteiger charge is 2.11. The summed E-state index contributed by atoms with van der Waals surface area (Å²) in [4.78, 5) is 11.2. The zero-order valence-electron chi connectivity index (χ0n) is 13.7. The summed E-state index contributed by atoms with van der Waals surface area (Å²) in [5, 5.41) is 0.867. The summed E-state index contributed by atoms with van der Waals surface area (Å²) in [6.07, 6.45) is 4.22. The number of benzene rings is 1. The highest BCUT2D eigenvalue weighted by atomic mass is 35.5. The van der Waals surface area contributed by atoms with Crippen LogP contribution in [0.2, 0.25) is 10.0 Å². The zero-order valence-corrected chi connectivity index (χ0v) is 15.2. The number of carbonyl (C=O) groups excluding carboxylic acids is 1. The average Bonchev–Trinajstić information content (AvgIpc) is 2.53. The van der Waals surface area contributed by atoms with E-state index in [1.165, 1.54) is 20.0 Å². The molecule has 0 atom stereocenters. The van der Waals surface area contributed by atoms with Crippen molar-refractivity contribution in [2.24, 2.45) is 0 Å². The van der Waals surface area contributed by atoms with E-state index in [1.54, 1.807) is 12.1 Å². The standard InChI is InChI=1S/C17H24Cl2O4/c1-3-4-5-8-22-9-10-23-17-14(18)11-13(12-15(17)19)6-7-16(20)21-2/h11-12H,3-10H2,1-2H3. The van der Waals surface area contributed by atoms with Crippen LogP contribution < -0.4 is 4.74 Å². The highest BCUT2D eigenvalue weighted by molar-refractivity contribution is 6.37. The van der Waals surface area contributed by atoms with Gasteiger partial charge in [-0.3, -0.25) is 4.79 Å². The van der Waals surface area contributed by atoms with Gasteiger partial charge in [-0.05, 0) is 30.5 Å². The minimum absolute atomic E-state index is 0.266. The second kappa shape index (κ2) is 11.5. The number of rotatable bonds is 11. The molecule has 0 saturated heterocycles. The Morgan fingerprint density at radius 1 is 1.09 bits per heavy atom. The molecule has 130 valence electrons. The van der Waals surface area contributed by atoms with Crippen molar-refractivity contribution in [3.8, 4) is 5.75 Å². The van der Waals surface area contributed by atoms with Crippen molar-refractivity contribution in [1.29, 1.82) is 0 Å². The molecule has 6 heteroatoms. The lowest BCUT2D eigenvalue weighted by Gasteiger charge is -2.12. The Balaban J connectivity index is 2.42. The van der Waals surface area contributed by atoms with E-state index in [9.17, 15) is 4.79 Å². The van der Waals surface area contributed by atoms with Gasteiger partial charge in [0.25, 0.3) is 0 Å². The first-order chi connectivity index (χ1) is 11.1. The van der Waals surface area contributed by atoms with Gasteiger partial charge in [-0.1, -0.05) is 43.0 Å². The van der Waals surface area contributed by atoms with Crippen molar-refractivity contribution in [2.75, 3.05) is 26.9 Å². The zero-order chi connectivity index (χ0) is 17.1. The van der Waals surface area contributed by atoms with Crippen LogP contribution in [0.15, 0.2) is 12.1 Å². The summed E-state index contributed by atoms with van der Waals surface area (Å²) in [7, 11) is 1.36. The van der Waals surface area contributed by atoms with E-state index >= 15 is 0 Å². The van der Waals surface area contributed by atoms with Crippen molar-refractivity contribution >= 4 is 29.2 Å². The molecule has 0 unspecified atom stereocenters. The van der Waals surface area contributed by atoms with Crippen LogP contribution >= 0.6 is 23.2 Å². The van der Waals surface area contributed by atoms with Crippen LogP contribution in [-0.4, -0.2) is 32.9 Å². The third kappa shape index (κ3) is 7.91. The molecule has 0 aliphatic rings. The predicted molar refractivity (Wildman–Crippen MR) is 92.6 cm³/mol. The summed E-state index contributed by atoms with van der Waals surface area (Å²) in [5.74, 6) is 0.185. The third-order valence-corrected chi connectivity index (χ3v) is 3.83. The Morgan fingerprint density at radius 3 is 2.39 bits per heavy atom. The van der Waals surface area contributed by atoms with Gasteiger partial charge in [-0.25, -0.2) is 0 Å². The monoisotopic (exact) mass is 362 g/mol. The molecular weight excluding hydrogens is 339 g/mol. The Bertz CT molecular complexity index is 468. The van der Waals surface area contributed by atoms with Gasteiger partial charge in [0.1, 0.15) is 6.61 Å². The molecule has 0 fully saturated rings. The first-order valence-corrected chi connectivity index (χ1v) is 8.59. The third-order valence-electron chi connectivity index (χ3n) is 3.27. The summed E-state index contributed by atoms with van der Waals surface area (Å²) in [6, 6.07) is 3.52. The molecular formula is C17H24Cl2O4. The van der Waals surface area contributed by atoms with Crippen LogP contribution in [0.25, 0.3) is 0 Å². The number of methoxy groups -OCH3 is 1. The van der Waals surface area contributed by atoms with E-state index in [2.05, 4.69) is 11.7 Å². The van der Waals surface area contributed by atoms with Gasteiger partial charge in [-0.15, -0.1) is 0 Å². The number of aryl methyl sites for hydroxylation is 1. The lowest BCUT2D eigenvalue weighted by molar-refractivity contribution is -0.140. The van der Waals surface area contributed by atoms with Crippen LogP contribution in [0.3, 0.4) is 0 Å². The molecule has 0 radical (unpaired) electrons. The molecule has 1 aromatic rings. The summed E-state index contributed by atoms with van der Waals surface area (Å²) in [6.45, 7) is 3.79. The second-order valence-electron chi connectivity index (χ2n) is 5.13. The van der Waals surface area contributed by atoms with E-state index in [1.807, 2.05) is 0 Å². The molecule has 23 heavy (non-hydrogen) atoms. The number of carbonyl (C=O) groups is 1. The molecule has 0 bridgehead atoms. The van der Waals surface area contributed by atoms with E-state index < -0.39 is 0 Å². The minimum Gasteiger partial charge on any atom is -0.488 e. The number of hydrogen-bond donors (Lipinski definition) is 0. The maximum Gasteiger partial charge on any atom is 0.305 e. The minimum atomic E-state index is -0.266. The van der Waals surface area contributed by atoms with Crippen LogP contribution in [0, 0.1) is 0 Å². The second-order valence-corrected chi connectivity index (χ2v) is 5.95. The van der Waals surface area contributed by atoms with Gasteiger partial charge in [0.2, 0.25) is 0 Å². The van der Waals surface area contributed by atoms with E-state index in [4.69, 9.17) is 32.7 Å². The molecule has 0 aliphatic carbocycles. The smallest absolute Gasteiger partial charge is 0.305 e. The molecule has 0 amide bonds. The average molecular weight is 363 g/mol. The molecule has 0 aromatic heterocycles. The van der Waals surface area contributed by atoms with Gasteiger partial charge in [0.15, 0.2) is 5.75 Å². The van der Waals surface area contributed by atoms with Crippen LogP contribution in [0.4, 0.5) is 0 Å². The molecule has 1 rings (SSSR count). The molecule has 1 aromatic carbocycles. The van der Waals surface area contributed by atoms with Gasteiger partial charge in [0.05, 0.1) is 23.8 Å². The van der Waals surface area contributed by atoms with Gasteiger partial charge < -0.3 is 14.2 Å². The number of esters is 1. The molecule has 0 spiro atoms. The maximum atomic E-state index is 11.2. The number of unbranched alkanes of at least 4 members (excludes halogenated alkanes) is 2. The van der Waals surface area contributed by atoms with Crippen molar-refractivity contribution in [3.63, 3.8) is 0 Å². The highest BCUT2D eigenvalue weighted by Crippen LogP contribution is 2.34.